The minimum atomic E-state index is 0.926. The molecule has 62 valence electrons. The topological polar surface area (TPSA) is 3.24 Å². The highest BCUT2D eigenvalue weighted by Gasteiger charge is 2.29. The molecule has 0 unspecified atom stereocenters. The maximum absolute atomic E-state index is 2.62. The van der Waals surface area contributed by atoms with Crippen LogP contribution in [-0.4, -0.2) is 24.0 Å². The fourth-order valence-corrected chi connectivity index (χ4v) is 2.15. The lowest BCUT2D eigenvalue weighted by Crippen LogP contribution is -2.45. The van der Waals surface area contributed by atoms with Crippen LogP contribution in [0.2, 0.25) is 0 Å². The SMILES string of the molecule is CC1CC(N2CC=CCC2)C1. The Bertz CT molecular complexity index is 156. The molecule has 0 aromatic carbocycles. The van der Waals surface area contributed by atoms with Crippen molar-refractivity contribution in [3.63, 3.8) is 0 Å². The predicted molar refractivity (Wildman–Crippen MR) is 47.5 cm³/mol. The van der Waals surface area contributed by atoms with Crippen LogP contribution in [0.4, 0.5) is 0 Å². The van der Waals surface area contributed by atoms with Crippen molar-refractivity contribution in [2.75, 3.05) is 13.1 Å². The van der Waals surface area contributed by atoms with E-state index in [1.54, 1.807) is 0 Å². The minimum Gasteiger partial charge on any atom is -0.296 e. The van der Waals surface area contributed by atoms with Gasteiger partial charge in [0.1, 0.15) is 0 Å². The highest BCUT2D eigenvalue weighted by atomic mass is 15.2. The summed E-state index contributed by atoms with van der Waals surface area (Å²) in [6.45, 7) is 4.86. The first-order valence-electron chi connectivity index (χ1n) is 4.75. The predicted octanol–water partition coefficient (Wildman–Crippen LogP) is 2.05. The Morgan fingerprint density at radius 2 is 2.09 bits per heavy atom. The summed E-state index contributed by atoms with van der Waals surface area (Å²) in [4.78, 5) is 2.62. The van der Waals surface area contributed by atoms with Crippen LogP contribution in [0.15, 0.2) is 12.2 Å². The smallest absolute Gasteiger partial charge is 0.0166 e. The van der Waals surface area contributed by atoms with E-state index < -0.39 is 0 Å². The van der Waals surface area contributed by atoms with Gasteiger partial charge in [0, 0.05) is 19.1 Å². The van der Waals surface area contributed by atoms with E-state index in [2.05, 4.69) is 24.0 Å². The number of hydrogen-bond acceptors (Lipinski definition) is 1. The van der Waals surface area contributed by atoms with Crippen LogP contribution in [0.1, 0.15) is 26.2 Å². The second kappa shape index (κ2) is 2.98. The molecule has 0 bridgehead atoms. The molecule has 2 aliphatic rings. The lowest BCUT2D eigenvalue weighted by molar-refractivity contribution is 0.0953. The minimum absolute atomic E-state index is 0.926. The van der Waals surface area contributed by atoms with E-state index in [9.17, 15) is 0 Å². The summed E-state index contributed by atoms with van der Waals surface area (Å²) in [5, 5.41) is 0. The summed E-state index contributed by atoms with van der Waals surface area (Å²) in [5.74, 6) is 0.992. The monoisotopic (exact) mass is 151 g/mol. The normalized spacial score (nSPS) is 38.6. The van der Waals surface area contributed by atoms with Gasteiger partial charge in [0.2, 0.25) is 0 Å². The van der Waals surface area contributed by atoms with E-state index >= 15 is 0 Å². The molecule has 0 saturated heterocycles. The van der Waals surface area contributed by atoms with E-state index in [4.69, 9.17) is 0 Å². The van der Waals surface area contributed by atoms with Crippen molar-refractivity contribution in [2.24, 2.45) is 5.92 Å². The van der Waals surface area contributed by atoms with Gasteiger partial charge in [0.15, 0.2) is 0 Å². The van der Waals surface area contributed by atoms with Gasteiger partial charge in [-0.2, -0.15) is 0 Å². The number of nitrogens with zero attached hydrogens (tertiary/aromatic N) is 1. The first-order chi connectivity index (χ1) is 5.36. The fourth-order valence-electron chi connectivity index (χ4n) is 2.15. The molecule has 0 atom stereocenters. The zero-order valence-electron chi connectivity index (χ0n) is 7.29. The van der Waals surface area contributed by atoms with Gasteiger partial charge >= 0.3 is 0 Å². The van der Waals surface area contributed by atoms with E-state index in [0.717, 1.165) is 12.0 Å². The Hall–Kier alpha value is -0.300. The van der Waals surface area contributed by atoms with Crippen LogP contribution >= 0.6 is 0 Å². The Balaban J connectivity index is 1.82. The van der Waals surface area contributed by atoms with Gasteiger partial charge in [0.05, 0.1) is 0 Å². The molecular formula is C10H17N. The summed E-state index contributed by atoms with van der Waals surface area (Å²) in [5.41, 5.74) is 0. The van der Waals surface area contributed by atoms with Crippen molar-refractivity contribution in [2.45, 2.75) is 32.2 Å². The Morgan fingerprint density at radius 1 is 1.27 bits per heavy atom. The van der Waals surface area contributed by atoms with Gasteiger partial charge in [-0.05, 0) is 25.2 Å². The van der Waals surface area contributed by atoms with Crippen molar-refractivity contribution in [1.29, 1.82) is 0 Å². The molecule has 1 saturated carbocycles. The summed E-state index contributed by atoms with van der Waals surface area (Å²) in [7, 11) is 0. The fraction of sp³-hybridized carbons (Fsp3) is 0.800. The van der Waals surface area contributed by atoms with Gasteiger partial charge in [-0.3, -0.25) is 4.90 Å². The molecule has 0 aromatic rings. The first-order valence-corrected chi connectivity index (χ1v) is 4.75. The van der Waals surface area contributed by atoms with Gasteiger partial charge in [0.25, 0.3) is 0 Å². The van der Waals surface area contributed by atoms with E-state index in [1.807, 2.05) is 0 Å². The number of hydrogen-bond donors (Lipinski definition) is 0. The molecule has 0 aromatic heterocycles. The third-order valence-electron chi connectivity index (χ3n) is 2.95. The molecule has 0 N–H and O–H groups in total. The molecule has 1 heteroatoms. The third kappa shape index (κ3) is 1.48. The third-order valence-corrected chi connectivity index (χ3v) is 2.95. The Labute approximate surface area is 69.1 Å². The van der Waals surface area contributed by atoms with Crippen molar-refractivity contribution in [3.05, 3.63) is 12.2 Å². The quantitative estimate of drug-likeness (QED) is 0.518. The molecule has 2 rings (SSSR count). The van der Waals surface area contributed by atoms with Gasteiger partial charge in [-0.1, -0.05) is 19.1 Å². The average molecular weight is 151 g/mol. The molecule has 0 spiro atoms. The second-order valence-corrected chi connectivity index (χ2v) is 3.99. The van der Waals surface area contributed by atoms with Crippen molar-refractivity contribution in [1.82, 2.24) is 4.90 Å². The van der Waals surface area contributed by atoms with Gasteiger partial charge in [-0.25, -0.2) is 0 Å². The van der Waals surface area contributed by atoms with Crippen LogP contribution < -0.4 is 0 Å². The van der Waals surface area contributed by atoms with Crippen LogP contribution in [0, 0.1) is 5.92 Å². The van der Waals surface area contributed by atoms with Crippen molar-refractivity contribution in [3.8, 4) is 0 Å². The Kier molecular flexibility index (Phi) is 1.99. The highest BCUT2D eigenvalue weighted by molar-refractivity contribution is 4.95. The lowest BCUT2D eigenvalue weighted by Gasteiger charge is -2.42. The summed E-state index contributed by atoms with van der Waals surface area (Å²) >= 11 is 0. The average Bonchev–Trinajstić information content (AvgIpc) is 2.01. The van der Waals surface area contributed by atoms with E-state index in [0.29, 0.717) is 0 Å². The number of rotatable bonds is 1. The molecule has 0 radical (unpaired) electrons. The maximum atomic E-state index is 2.62. The molecule has 1 heterocycles. The second-order valence-electron chi connectivity index (χ2n) is 3.99. The molecule has 11 heavy (non-hydrogen) atoms. The van der Waals surface area contributed by atoms with Crippen LogP contribution in [0.3, 0.4) is 0 Å². The van der Waals surface area contributed by atoms with Crippen molar-refractivity contribution < 1.29 is 0 Å². The molecule has 1 fully saturated rings. The zero-order valence-corrected chi connectivity index (χ0v) is 7.29. The molecular weight excluding hydrogens is 134 g/mol. The standard InChI is InChI=1S/C10H17N/c1-9-7-10(8-9)11-5-3-2-4-6-11/h2-3,9-10H,4-8H2,1H3. The first kappa shape index (κ1) is 7.35. The van der Waals surface area contributed by atoms with E-state index in [-0.39, 0.29) is 0 Å². The van der Waals surface area contributed by atoms with E-state index in [1.165, 1.54) is 32.4 Å². The van der Waals surface area contributed by atoms with Crippen LogP contribution in [-0.2, 0) is 0 Å². The van der Waals surface area contributed by atoms with Gasteiger partial charge in [-0.15, -0.1) is 0 Å². The zero-order chi connectivity index (χ0) is 7.68. The van der Waals surface area contributed by atoms with Crippen molar-refractivity contribution >= 4 is 0 Å². The Morgan fingerprint density at radius 3 is 2.64 bits per heavy atom. The molecule has 1 aliphatic carbocycles. The summed E-state index contributed by atoms with van der Waals surface area (Å²) in [6, 6.07) is 0.926. The van der Waals surface area contributed by atoms with Gasteiger partial charge < -0.3 is 0 Å². The molecule has 1 nitrogen and oxygen atoms in total. The van der Waals surface area contributed by atoms with Crippen LogP contribution in [0.25, 0.3) is 0 Å². The van der Waals surface area contributed by atoms with Crippen LogP contribution in [0.5, 0.6) is 0 Å². The molecule has 1 aliphatic heterocycles. The lowest BCUT2D eigenvalue weighted by atomic mass is 9.80. The maximum Gasteiger partial charge on any atom is 0.0166 e. The largest absolute Gasteiger partial charge is 0.296 e. The summed E-state index contributed by atoms with van der Waals surface area (Å²) < 4.78 is 0. The summed E-state index contributed by atoms with van der Waals surface area (Å²) in [6.07, 6.45) is 8.76. The molecule has 0 amide bonds. The highest BCUT2D eigenvalue weighted by Crippen LogP contribution is 2.31.